The summed E-state index contributed by atoms with van der Waals surface area (Å²) >= 11 is 0. The SMILES string of the molecule is CCOC(=O)c1nn(C)c2c1OC(F)c1cc(F)ccc1-2. The Morgan fingerprint density at radius 2 is 2.29 bits per heavy atom. The molecule has 1 unspecified atom stereocenters. The van der Waals surface area contributed by atoms with Crippen LogP contribution < -0.4 is 4.74 Å². The van der Waals surface area contributed by atoms with Gasteiger partial charge in [-0.2, -0.15) is 9.49 Å². The number of esters is 1. The molecule has 1 aromatic carbocycles. The van der Waals surface area contributed by atoms with Gasteiger partial charge in [-0.15, -0.1) is 0 Å². The van der Waals surface area contributed by atoms with Gasteiger partial charge in [0.25, 0.3) is 6.36 Å². The van der Waals surface area contributed by atoms with E-state index in [-0.39, 0.29) is 23.6 Å². The lowest BCUT2D eigenvalue weighted by Gasteiger charge is -2.22. The van der Waals surface area contributed by atoms with Crippen molar-refractivity contribution in [3.05, 3.63) is 35.3 Å². The molecule has 0 spiro atoms. The van der Waals surface area contributed by atoms with E-state index >= 15 is 0 Å². The smallest absolute Gasteiger partial charge is 0.362 e. The van der Waals surface area contributed by atoms with E-state index in [1.165, 1.54) is 16.8 Å². The summed E-state index contributed by atoms with van der Waals surface area (Å²) in [6, 6.07) is 3.73. The first-order valence-electron chi connectivity index (χ1n) is 6.37. The molecule has 0 aliphatic carbocycles. The third kappa shape index (κ3) is 2.05. The molecule has 0 amide bonds. The average Bonchev–Trinajstić information content (AvgIpc) is 2.77. The molecule has 7 heteroatoms. The Labute approximate surface area is 119 Å². The van der Waals surface area contributed by atoms with Gasteiger partial charge in [0.15, 0.2) is 5.75 Å². The molecule has 5 nitrogen and oxygen atoms in total. The highest BCUT2D eigenvalue weighted by atomic mass is 19.1. The maximum Gasteiger partial charge on any atom is 0.362 e. The third-order valence-corrected chi connectivity index (χ3v) is 3.21. The highest BCUT2D eigenvalue weighted by molar-refractivity contribution is 5.94. The number of ether oxygens (including phenoxy) is 2. The van der Waals surface area contributed by atoms with Crippen LogP contribution in [0.3, 0.4) is 0 Å². The Morgan fingerprint density at radius 3 is 3.00 bits per heavy atom. The molecule has 0 saturated carbocycles. The number of halogens is 2. The first-order valence-corrected chi connectivity index (χ1v) is 6.37. The standard InChI is InChI=1S/C14H12F2N2O3/c1-3-20-14(19)10-12-11(18(2)17-10)8-5-4-7(15)6-9(8)13(16)21-12/h4-6,13H,3H2,1-2H3. The van der Waals surface area contributed by atoms with Crippen molar-refractivity contribution in [3.63, 3.8) is 0 Å². The van der Waals surface area contributed by atoms with E-state index in [0.29, 0.717) is 11.3 Å². The van der Waals surface area contributed by atoms with Crippen LogP contribution in [-0.2, 0) is 11.8 Å². The Kier molecular flexibility index (Phi) is 3.12. The van der Waals surface area contributed by atoms with Gasteiger partial charge in [0, 0.05) is 18.2 Å². The predicted octanol–water partition coefficient (Wildman–Crippen LogP) is 2.76. The molecule has 0 N–H and O–H groups in total. The molecule has 3 rings (SSSR count). The number of rotatable bonds is 2. The van der Waals surface area contributed by atoms with E-state index in [0.717, 1.165) is 6.07 Å². The molecule has 1 aliphatic rings. The van der Waals surface area contributed by atoms with Crippen molar-refractivity contribution in [3.8, 4) is 17.0 Å². The fraction of sp³-hybridized carbons (Fsp3) is 0.286. The summed E-state index contributed by atoms with van der Waals surface area (Å²) in [6.45, 7) is 1.83. The minimum atomic E-state index is -1.86. The second-order valence-corrected chi connectivity index (χ2v) is 4.54. The summed E-state index contributed by atoms with van der Waals surface area (Å²) in [7, 11) is 1.59. The molecule has 1 aromatic heterocycles. The lowest BCUT2D eigenvalue weighted by molar-refractivity contribution is 0.0468. The van der Waals surface area contributed by atoms with Crippen LogP contribution in [0.15, 0.2) is 18.2 Å². The number of hydrogen-bond donors (Lipinski definition) is 0. The lowest BCUT2D eigenvalue weighted by atomic mass is 10.0. The summed E-state index contributed by atoms with van der Waals surface area (Å²) in [4.78, 5) is 11.8. The number of alkyl halides is 1. The summed E-state index contributed by atoms with van der Waals surface area (Å²) in [5.41, 5.74) is 0.838. The van der Waals surface area contributed by atoms with Gasteiger partial charge in [0.1, 0.15) is 11.5 Å². The zero-order valence-corrected chi connectivity index (χ0v) is 11.4. The van der Waals surface area contributed by atoms with E-state index in [1.54, 1.807) is 14.0 Å². The Bertz CT molecular complexity index is 727. The first kappa shape index (κ1) is 13.5. The summed E-state index contributed by atoms with van der Waals surface area (Å²) in [5, 5.41) is 4.02. The molecule has 2 heterocycles. The van der Waals surface area contributed by atoms with Crippen LogP contribution in [0.2, 0.25) is 0 Å². The predicted molar refractivity (Wildman–Crippen MR) is 69.0 cm³/mol. The summed E-state index contributed by atoms with van der Waals surface area (Å²) < 4.78 is 38.7. The van der Waals surface area contributed by atoms with Gasteiger partial charge in [-0.1, -0.05) is 0 Å². The van der Waals surface area contributed by atoms with E-state index in [2.05, 4.69) is 5.10 Å². The number of benzene rings is 1. The first-order chi connectivity index (χ1) is 10.0. The number of aryl methyl sites for hydroxylation is 1. The van der Waals surface area contributed by atoms with Crippen LogP contribution in [0.25, 0.3) is 11.3 Å². The average molecular weight is 294 g/mol. The molecule has 1 aliphatic heterocycles. The zero-order valence-electron chi connectivity index (χ0n) is 11.4. The maximum absolute atomic E-state index is 14.1. The normalized spacial score (nSPS) is 15.9. The van der Waals surface area contributed by atoms with Crippen molar-refractivity contribution < 1.29 is 23.0 Å². The zero-order chi connectivity index (χ0) is 15.1. The van der Waals surface area contributed by atoms with Gasteiger partial charge in [0.2, 0.25) is 5.69 Å². The number of fused-ring (bicyclic) bond motifs is 3. The maximum atomic E-state index is 14.1. The van der Waals surface area contributed by atoms with E-state index < -0.39 is 18.1 Å². The Hall–Kier alpha value is -2.44. The molecule has 21 heavy (non-hydrogen) atoms. The van der Waals surface area contributed by atoms with Crippen molar-refractivity contribution in [2.24, 2.45) is 7.05 Å². The van der Waals surface area contributed by atoms with Gasteiger partial charge in [-0.05, 0) is 25.1 Å². The minimum absolute atomic E-state index is 0.0163. The largest absolute Gasteiger partial charge is 0.461 e. The van der Waals surface area contributed by atoms with Crippen LogP contribution in [0.5, 0.6) is 5.75 Å². The van der Waals surface area contributed by atoms with Gasteiger partial charge >= 0.3 is 5.97 Å². The Morgan fingerprint density at radius 1 is 1.52 bits per heavy atom. The van der Waals surface area contributed by atoms with E-state index in [1.807, 2.05) is 0 Å². The van der Waals surface area contributed by atoms with Crippen molar-refractivity contribution >= 4 is 5.97 Å². The second kappa shape index (κ2) is 4.83. The second-order valence-electron chi connectivity index (χ2n) is 4.54. The van der Waals surface area contributed by atoms with Crippen LogP contribution in [0.4, 0.5) is 8.78 Å². The molecule has 0 bridgehead atoms. The molecule has 0 radical (unpaired) electrons. The monoisotopic (exact) mass is 294 g/mol. The molecular formula is C14H12F2N2O3. The van der Waals surface area contributed by atoms with Crippen LogP contribution >= 0.6 is 0 Å². The van der Waals surface area contributed by atoms with Gasteiger partial charge < -0.3 is 9.47 Å². The lowest BCUT2D eigenvalue weighted by Crippen LogP contribution is -2.13. The summed E-state index contributed by atoms with van der Waals surface area (Å²) in [6.07, 6.45) is -1.86. The number of aromatic nitrogens is 2. The van der Waals surface area contributed by atoms with Gasteiger partial charge in [-0.25, -0.2) is 9.18 Å². The van der Waals surface area contributed by atoms with Gasteiger partial charge in [-0.3, -0.25) is 4.68 Å². The van der Waals surface area contributed by atoms with E-state index in [9.17, 15) is 13.6 Å². The van der Waals surface area contributed by atoms with Crippen LogP contribution in [0.1, 0.15) is 29.3 Å². The quantitative estimate of drug-likeness (QED) is 0.799. The number of carbonyl (C=O) groups excluding carboxylic acids is 1. The molecule has 2 aromatic rings. The number of nitrogens with zero attached hydrogens (tertiary/aromatic N) is 2. The molecule has 110 valence electrons. The van der Waals surface area contributed by atoms with E-state index in [4.69, 9.17) is 9.47 Å². The van der Waals surface area contributed by atoms with Crippen molar-refractivity contribution in [2.45, 2.75) is 13.3 Å². The molecule has 0 fully saturated rings. The highest BCUT2D eigenvalue weighted by Crippen LogP contribution is 2.44. The van der Waals surface area contributed by atoms with Gasteiger partial charge in [0.05, 0.1) is 6.61 Å². The molecular weight excluding hydrogens is 282 g/mol. The minimum Gasteiger partial charge on any atom is -0.461 e. The molecule has 0 saturated heterocycles. The van der Waals surface area contributed by atoms with Crippen molar-refractivity contribution in [1.29, 1.82) is 0 Å². The number of hydrogen-bond acceptors (Lipinski definition) is 4. The van der Waals surface area contributed by atoms with Crippen LogP contribution in [-0.4, -0.2) is 22.4 Å². The fourth-order valence-corrected chi connectivity index (χ4v) is 2.35. The number of carbonyl (C=O) groups is 1. The van der Waals surface area contributed by atoms with Crippen LogP contribution in [0, 0.1) is 5.82 Å². The third-order valence-electron chi connectivity index (χ3n) is 3.21. The molecule has 1 atom stereocenters. The topological polar surface area (TPSA) is 53.3 Å². The Balaban J connectivity index is 2.19. The van der Waals surface area contributed by atoms with Crippen molar-refractivity contribution in [1.82, 2.24) is 9.78 Å². The fourth-order valence-electron chi connectivity index (χ4n) is 2.35. The summed E-state index contributed by atoms with van der Waals surface area (Å²) in [5.74, 6) is -1.23. The van der Waals surface area contributed by atoms with Crippen molar-refractivity contribution in [2.75, 3.05) is 6.61 Å². The highest BCUT2D eigenvalue weighted by Gasteiger charge is 2.34.